The van der Waals surface area contributed by atoms with Gasteiger partial charge in [0, 0.05) is 6.42 Å². The molecule has 1 rings (SSSR count). The van der Waals surface area contributed by atoms with Crippen LogP contribution in [0.4, 0.5) is 0 Å². The Bertz CT molecular complexity index is 378. The summed E-state index contributed by atoms with van der Waals surface area (Å²) in [5, 5.41) is 8.62. The Hall–Kier alpha value is -1.14. The highest BCUT2D eigenvalue weighted by molar-refractivity contribution is 9.10. The quantitative estimate of drug-likeness (QED) is 0.786. The van der Waals surface area contributed by atoms with Gasteiger partial charge in [0.2, 0.25) is 0 Å². The number of ketones is 1. The van der Waals surface area contributed by atoms with Gasteiger partial charge in [0.1, 0.15) is 5.78 Å². The molecule has 78 valence electrons. The van der Waals surface area contributed by atoms with Gasteiger partial charge in [-0.25, -0.2) is 0 Å². The molecule has 1 atom stereocenters. The van der Waals surface area contributed by atoms with E-state index in [1.54, 1.807) is 12.1 Å². The van der Waals surface area contributed by atoms with E-state index >= 15 is 0 Å². The van der Waals surface area contributed by atoms with Gasteiger partial charge in [0.15, 0.2) is 0 Å². The number of carbonyl (C=O) groups excluding carboxylic acids is 1. The van der Waals surface area contributed by atoms with E-state index in [2.05, 4.69) is 22.0 Å². The number of hydrogen-bond donors (Lipinski definition) is 0. The van der Waals surface area contributed by atoms with Crippen molar-refractivity contribution in [3.63, 3.8) is 0 Å². The summed E-state index contributed by atoms with van der Waals surface area (Å²) in [5.74, 6) is 0.208. The SMILES string of the molecule is CCC(=O)C(Br)Cc1ccc(C#N)cc1. The fourth-order valence-corrected chi connectivity index (χ4v) is 1.96. The monoisotopic (exact) mass is 265 g/mol. The molecule has 0 spiro atoms. The average molecular weight is 266 g/mol. The van der Waals surface area contributed by atoms with Gasteiger partial charge in [-0.05, 0) is 24.1 Å². The van der Waals surface area contributed by atoms with E-state index in [0.29, 0.717) is 18.4 Å². The fourth-order valence-electron chi connectivity index (χ4n) is 1.26. The van der Waals surface area contributed by atoms with E-state index in [1.807, 2.05) is 19.1 Å². The highest BCUT2D eigenvalue weighted by atomic mass is 79.9. The Morgan fingerprint density at radius 2 is 2.07 bits per heavy atom. The molecular formula is C12H12BrNO. The molecule has 2 nitrogen and oxygen atoms in total. The minimum Gasteiger partial charge on any atom is -0.298 e. The molecule has 1 aromatic carbocycles. The Labute approximate surface area is 98.0 Å². The molecule has 0 bridgehead atoms. The third-order valence-electron chi connectivity index (χ3n) is 2.20. The smallest absolute Gasteiger partial charge is 0.146 e. The lowest BCUT2D eigenvalue weighted by molar-refractivity contribution is -0.118. The van der Waals surface area contributed by atoms with Crippen LogP contribution in [-0.4, -0.2) is 10.6 Å². The van der Waals surface area contributed by atoms with Crippen molar-refractivity contribution in [3.05, 3.63) is 35.4 Å². The van der Waals surface area contributed by atoms with E-state index in [4.69, 9.17) is 5.26 Å². The number of rotatable bonds is 4. The second-order valence-electron chi connectivity index (χ2n) is 3.30. The normalized spacial score (nSPS) is 11.8. The van der Waals surface area contributed by atoms with Crippen molar-refractivity contribution in [1.29, 1.82) is 5.26 Å². The lowest BCUT2D eigenvalue weighted by Gasteiger charge is -2.07. The maximum absolute atomic E-state index is 11.3. The number of alkyl halides is 1. The molecule has 0 aliphatic carbocycles. The topological polar surface area (TPSA) is 40.9 Å². The molecule has 15 heavy (non-hydrogen) atoms. The summed E-state index contributed by atoms with van der Waals surface area (Å²) >= 11 is 3.36. The Kier molecular flexibility index (Phi) is 4.51. The molecule has 0 radical (unpaired) electrons. The molecule has 3 heteroatoms. The van der Waals surface area contributed by atoms with Gasteiger partial charge >= 0.3 is 0 Å². The zero-order chi connectivity index (χ0) is 11.3. The molecule has 0 N–H and O–H groups in total. The maximum atomic E-state index is 11.3. The van der Waals surface area contributed by atoms with Crippen LogP contribution in [0.25, 0.3) is 0 Å². The second kappa shape index (κ2) is 5.67. The van der Waals surface area contributed by atoms with Gasteiger partial charge in [-0.3, -0.25) is 4.79 Å². The zero-order valence-corrected chi connectivity index (χ0v) is 10.1. The first-order chi connectivity index (χ1) is 7.17. The third kappa shape index (κ3) is 3.49. The lowest BCUT2D eigenvalue weighted by atomic mass is 10.1. The van der Waals surface area contributed by atoms with E-state index in [1.165, 1.54) is 0 Å². The van der Waals surface area contributed by atoms with Gasteiger partial charge in [0.25, 0.3) is 0 Å². The van der Waals surface area contributed by atoms with Crippen molar-refractivity contribution in [2.24, 2.45) is 0 Å². The van der Waals surface area contributed by atoms with Crippen molar-refractivity contribution >= 4 is 21.7 Å². The van der Waals surface area contributed by atoms with Crippen molar-refractivity contribution in [3.8, 4) is 6.07 Å². The van der Waals surface area contributed by atoms with Crippen molar-refractivity contribution in [2.45, 2.75) is 24.6 Å². The van der Waals surface area contributed by atoms with Crippen LogP contribution in [0.1, 0.15) is 24.5 Å². The van der Waals surface area contributed by atoms with E-state index < -0.39 is 0 Å². The molecule has 0 amide bonds. The van der Waals surface area contributed by atoms with E-state index in [0.717, 1.165) is 5.56 Å². The van der Waals surface area contributed by atoms with Crippen molar-refractivity contribution in [2.75, 3.05) is 0 Å². The molecular weight excluding hydrogens is 254 g/mol. The molecule has 0 saturated carbocycles. The number of hydrogen-bond acceptors (Lipinski definition) is 2. The van der Waals surface area contributed by atoms with Crippen molar-refractivity contribution < 1.29 is 4.79 Å². The zero-order valence-electron chi connectivity index (χ0n) is 8.53. The fraction of sp³-hybridized carbons (Fsp3) is 0.333. The molecule has 0 aliphatic heterocycles. The number of nitriles is 1. The van der Waals surface area contributed by atoms with Crippen LogP contribution in [0.15, 0.2) is 24.3 Å². The summed E-state index contributed by atoms with van der Waals surface area (Å²) in [7, 11) is 0. The summed E-state index contributed by atoms with van der Waals surface area (Å²) in [6.45, 7) is 1.86. The summed E-state index contributed by atoms with van der Waals surface area (Å²) in [4.78, 5) is 11.2. The highest BCUT2D eigenvalue weighted by Crippen LogP contribution is 2.13. The van der Waals surface area contributed by atoms with Crippen LogP contribution in [0, 0.1) is 11.3 Å². The molecule has 1 unspecified atom stereocenters. The number of nitrogens with zero attached hydrogens (tertiary/aromatic N) is 1. The molecule has 1 aromatic rings. The Morgan fingerprint density at radius 3 is 2.53 bits per heavy atom. The van der Waals surface area contributed by atoms with E-state index in [-0.39, 0.29) is 10.6 Å². The van der Waals surface area contributed by atoms with Crippen LogP contribution in [-0.2, 0) is 11.2 Å². The third-order valence-corrected chi connectivity index (χ3v) is 3.03. The van der Waals surface area contributed by atoms with Crippen LogP contribution in [0.2, 0.25) is 0 Å². The standard InChI is InChI=1S/C12H12BrNO/c1-2-12(15)11(13)7-9-3-5-10(8-14)6-4-9/h3-6,11H,2,7H2,1H3. The highest BCUT2D eigenvalue weighted by Gasteiger charge is 2.12. The predicted octanol–water partition coefficient (Wildman–Crippen LogP) is 2.84. The average Bonchev–Trinajstić information content (AvgIpc) is 2.29. The molecule has 0 aliphatic rings. The Morgan fingerprint density at radius 1 is 1.47 bits per heavy atom. The molecule has 0 fully saturated rings. The van der Waals surface area contributed by atoms with Crippen molar-refractivity contribution in [1.82, 2.24) is 0 Å². The van der Waals surface area contributed by atoms with Crippen LogP contribution in [0.3, 0.4) is 0 Å². The number of Topliss-reactive ketones (excluding diaryl/α,β-unsaturated/α-hetero) is 1. The number of carbonyl (C=O) groups is 1. The van der Waals surface area contributed by atoms with Gasteiger partial charge in [-0.1, -0.05) is 35.0 Å². The second-order valence-corrected chi connectivity index (χ2v) is 4.41. The summed E-state index contributed by atoms with van der Waals surface area (Å²) in [5.41, 5.74) is 1.71. The van der Waals surface area contributed by atoms with E-state index in [9.17, 15) is 4.79 Å². The number of halogens is 1. The van der Waals surface area contributed by atoms with Gasteiger partial charge in [-0.15, -0.1) is 0 Å². The Balaban J connectivity index is 2.66. The predicted molar refractivity (Wildman–Crippen MR) is 62.9 cm³/mol. The van der Waals surface area contributed by atoms with Gasteiger partial charge < -0.3 is 0 Å². The van der Waals surface area contributed by atoms with Crippen LogP contribution < -0.4 is 0 Å². The molecule has 0 saturated heterocycles. The first kappa shape index (κ1) is 11.9. The van der Waals surface area contributed by atoms with Gasteiger partial charge in [-0.2, -0.15) is 5.26 Å². The van der Waals surface area contributed by atoms with Gasteiger partial charge in [0.05, 0.1) is 16.5 Å². The maximum Gasteiger partial charge on any atom is 0.146 e. The number of benzene rings is 1. The molecule has 0 aromatic heterocycles. The summed E-state index contributed by atoms with van der Waals surface area (Å²) in [6.07, 6.45) is 1.23. The summed E-state index contributed by atoms with van der Waals surface area (Å²) in [6, 6.07) is 9.37. The van der Waals surface area contributed by atoms with Crippen LogP contribution in [0.5, 0.6) is 0 Å². The lowest BCUT2D eigenvalue weighted by Crippen LogP contribution is -2.15. The first-order valence-electron chi connectivity index (χ1n) is 4.83. The van der Waals surface area contributed by atoms with Crippen LogP contribution >= 0.6 is 15.9 Å². The minimum atomic E-state index is -0.115. The summed E-state index contributed by atoms with van der Waals surface area (Å²) < 4.78 is 0. The molecule has 0 heterocycles. The largest absolute Gasteiger partial charge is 0.298 e. The first-order valence-corrected chi connectivity index (χ1v) is 5.74. The minimum absolute atomic E-state index is 0.115.